The summed E-state index contributed by atoms with van der Waals surface area (Å²) in [5, 5.41) is 8.59. The van der Waals surface area contributed by atoms with Crippen LogP contribution in [0.3, 0.4) is 0 Å². The molecule has 6 nitrogen and oxygen atoms in total. The Balaban J connectivity index is 1.84. The average molecular weight is 312 g/mol. The molecule has 0 bridgehead atoms. The summed E-state index contributed by atoms with van der Waals surface area (Å²) in [4.78, 5) is 12.7. The first-order valence-corrected chi connectivity index (χ1v) is 8.54. The highest BCUT2D eigenvalue weighted by molar-refractivity contribution is 7.89. The van der Waals surface area contributed by atoms with Crippen molar-refractivity contribution in [2.45, 2.75) is 13.0 Å². The standard InChI is InChI=1S/C14H20N2O4S/c17-14(18)6-11-21(19,20)16-9-7-15(8-10-16)12-13-4-2-1-3-5-13/h1-5H,6-12H2,(H,17,18). The number of carboxylic acid groups (broad SMARTS) is 1. The lowest BCUT2D eigenvalue weighted by atomic mass is 10.2. The molecule has 1 aliphatic rings. The highest BCUT2D eigenvalue weighted by Crippen LogP contribution is 2.12. The van der Waals surface area contributed by atoms with E-state index in [1.807, 2.05) is 18.2 Å². The Morgan fingerprint density at radius 3 is 2.29 bits per heavy atom. The van der Waals surface area contributed by atoms with E-state index in [-0.39, 0.29) is 12.2 Å². The highest BCUT2D eigenvalue weighted by atomic mass is 32.2. The molecule has 1 heterocycles. The fraction of sp³-hybridized carbons (Fsp3) is 0.500. The first-order valence-electron chi connectivity index (χ1n) is 6.93. The lowest BCUT2D eigenvalue weighted by Gasteiger charge is -2.33. The van der Waals surface area contributed by atoms with E-state index in [2.05, 4.69) is 17.0 Å². The second-order valence-corrected chi connectivity index (χ2v) is 7.21. The van der Waals surface area contributed by atoms with E-state index in [4.69, 9.17) is 5.11 Å². The summed E-state index contributed by atoms with van der Waals surface area (Å²) in [5.74, 6) is -1.40. The van der Waals surface area contributed by atoms with Crippen molar-refractivity contribution in [2.75, 3.05) is 31.9 Å². The SMILES string of the molecule is O=C(O)CCS(=O)(=O)N1CCN(Cc2ccccc2)CC1. The minimum Gasteiger partial charge on any atom is -0.481 e. The summed E-state index contributed by atoms with van der Waals surface area (Å²) < 4.78 is 25.4. The molecule has 116 valence electrons. The molecular formula is C14H20N2O4S. The highest BCUT2D eigenvalue weighted by Gasteiger charge is 2.27. The average Bonchev–Trinajstić information content (AvgIpc) is 2.47. The molecule has 7 heteroatoms. The zero-order chi connectivity index (χ0) is 15.3. The summed E-state index contributed by atoms with van der Waals surface area (Å²) in [5.41, 5.74) is 1.21. The van der Waals surface area contributed by atoms with Crippen molar-refractivity contribution in [3.8, 4) is 0 Å². The molecule has 1 fully saturated rings. The van der Waals surface area contributed by atoms with Crippen LogP contribution < -0.4 is 0 Å². The van der Waals surface area contributed by atoms with Crippen molar-refractivity contribution in [1.29, 1.82) is 0 Å². The van der Waals surface area contributed by atoms with E-state index in [0.29, 0.717) is 26.2 Å². The molecule has 2 rings (SSSR count). The number of carbonyl (C=O) groups is 1. The predicted octanol–water partition coefficient (Wildman–Crippen LogP) is 0.609. The lowest BCUT2D eigenvalue weighted by Crippen LogP contribution is -2.48. The van der Waals surface area contributed by atoms with Crippen molar-refractivity contribution in [3.63, 3.8) is 0 Å². The number of carboxylic acids is 1. The van der Waals surface area contributed by atoms with Crippen molar-refractivity contribution in [2.24, 2.45) is 0 Å². The number of hydrogen-bond donors (Lipinski definition) is 1. The van der Waals surface area contributed by atoms with E-state index >= 15 is 0 Å². The summed E-state index contributed by atoms with van der Waals surface area (Å²) in [6, 6.07) is 10.0. The van der Waals surface area contributed by atoms with Gasteiger partial charge in [-0.3, -0.25) is 9.69 Å². The van der Waals surface area contributed by atoms with Crippen molar-refractivity contribution < 1.29 is 18.3 Å². The van der Waals surface area contributed by atoms with Gasteiger partial charge in [0.1, 0.15) is 0 Å². The number of sulfonamides is 1. The van der Waals surface area contributed by atoms with E-state index < -0.39 is 16.0 Å². The van der Waals surface area contributed by atoms with Gasteiger partial charge < -0.3 is 5.11 Å². The monoisotopic (exact) mass is 312 g/mol. The molecule has 0 amide bonds. The molecular weight excluding hydrogens is 292 g/mol. The fourth-order valence-corrected chi connectivity index (χ4v) is 3.76. The Morgan fingerprint density at radius 1 is 1.10 bits per heavy atom. The molecule has 0 aliphatic carbocycles. The second kappa shape index (κ2) is 7.02. The molecule has 1 N–H and O–H groups in total. The van der Waals surface area contributed by atoms with E-state index in [0.717, 1.165) is 6.54 Å². The van der Waals surface area contributed by atoms with Crippen molar-refractivity contribution in [1.82, 2.24) is 9.21 Å². The second-order valence-electron chi connectivity index (χ2n) is 5.12. The first-order chi connectivity index (χ1) is 9.97. The van der Waals surface area contributed by atoms with Crippen LogP contribution in [0.25, 0.3) is 0 Å². The molecule has 1 saturated heterocycles. The maximum absolute atomic E-state index is 12.0. The number of aliphatic carboxylic acids is 1. The smallest absolute Gasteiger partial charge is 0.304 e. The number of hydrogen-bond acceptors (Lipinski definition) is 4. The minimum absolute atomic E-state index is 0.318. The van der Waals surface area contributed by atoms with E-state index in [9.17, 15) is 13.2 Å². The van der Waals surface area contributed by atoms with Gasteiger partial charge in [0.25, 0.3) is 0 Å². The largest absolute Gasteiger partial charge is 0.481 e. The number of benzene rings is 1. The summed E-state index contributed by atoms with van der Waals surface area (Å²) in [6.45, 7) is 3.00. The van der Waals surface area contributed by atoms with Gasteiger partial charge in [-0.05, 0) is 5.56 Å². The third kappa shape index (κ3) is 4.80. The molecule has 1 aliphatic heterocycles. The summed E-state index contributed by atoms with van der Waals surface area (Å²) in [6.07, 6.45) is -0.341. The topological polar surface area (TPSA) is 77.9 Å². The van der Waals surface area contributed by atoms with Crippen LogP contribution in [0, 0.1) is 0 Å². The quantitative estimate of drug-likeness (QED) is 0.832. The number of piperazine rings is 1. The van der Waals surface area contributed by atoms with Gasteiger partial charge in [-0.2, -0.15) is 4.31 Å². The normalized spacial score (nSPS) is 17.7. The van der Waals surface area contributed by atoms with Crippen LogP contribution in [0.4, 0.5) is 0 Å². The Morgan fingerprint density at radius 2 is 1.71 bits per heavy atom. The number of rotatable bonds is 6. The van der Waals surface area contributed by atoms with Gasteiger partial charge >= 0.3 is 5.97 Å². The maximum Gasteiger partial charge on any atom is 0.304 e. The molecule has 1 aromatic carbocycles. The Hall–Kier alpha value is -1.44. The third-order valence-corrected chi connectivity index (χ3v) is 5.42. The molecule has 0 radical (unpaired) electrons. The van der Waals surface area contributed by atoms with Crippen LogP contribution in [0.15, 0.2) is 30.3 Å². The van der Waals surface area contributed by atoms with E-state index in [1.54, 1.807) is 0 Å². The molecule has 0 aromatic heterocycles. The summed E-state index contributed by atoms with van der Waals surface area (Å²) in [7, 11) is -3.45. The van der Waals surface area contributed by atoms with Crippen LogP contribution in [-0.2, 0) is 21.4 Å². The van der Waals surface area contributed by atoms with Gasteiger partial charge in [0.05, 0.1) is 12.2 Å². The van der Waals surface area contributed by atoms with Crippen LogP contribution in [-0.4, -0.2) is 60.6 Å². The number of nitrogens with zero attached hydrogens (tertiary/aromatic N) is 2. The fourth-order valence-electron chi connectivity index (χ4n) is 2.35. The Bertz CT molecular complexity index is 566. The van der Waals surface area contributed by atoms with Crippen molar-refractivity contribution in [3.05, 3.63) is 35.9 Å². The summed E-state index contributed by atoms with van der Waals surface area (Å²) >= 11 is 0. The Labute approximate surface area is 125 Å². The third-order valence-electron chi connectivity index (χ3n) is 3.55. The Kier molecular flexibility index (Phi) is 5.33. The maximum atomic E-state index is 12.0. The van der Waals surface area contributed by atoms with Crippen LogP contribution in [0.5, 0.6) is 0 Å². The minimum atomic E-state index is -3.45. The van der Waals surface area contributed by atoms with Crippen LogP contribution in [0.2, 0.25) is 0 Å². The van der Waals surface area contributed by atoms with Gasteiger partial charge in [-0.25, -0.2) is 8.42 Å². The van der Waals surface area contributed by atoms with Gasteiger partial charge in [0.2, 0.25) is 10.0 Å². The van der Waals surface area contributed by atoms with E-state index in [1.165, 1.54) is 9.87 Å². The molecule has 21 heavy (non-hydrogen) atoms. The van der Waals surface area contributed by atoms with Gasteiger partial charge in [-0.1, -0.05) is 30.3 Å². The molecule has 0 atom stereocenters. The zero-order valence-electron chi connectivity index (χ0n) is 11.8. The first kappa shape index (κ1) is 15.9. The van der Waals surface area contributed by atoms with Gasteiger partial charge in [0, 0.05) is 32.7 Å². The predicted molar refractivity (Wildman–Crippen MR) is 79.3 cm³/mol. The molecule has 0 saturated carbocycles. The molecule has 1 aromatic rings. The van der Waals surface area contributed by atoms with Crippen molar-refractivity contribution >= 4 is 16.0 Å². The molecule has 0 unspecified atom stereocenters. The molecule has 0 spiro atoms. The zero-order valence-corrected chi connectivity index (χ0v) is 12.6. The lowest BCUT2D eigenvalue weighted by molar-refractivity contribution is -0.136. The van der Waals surface area contributed by atoms with Crippen LogP contribution >= 0.6 is 0 Å². The van der Waals surface area contributed by atoms with Crippen LogP contribution in [0.1, 0.15) is 12.0 Å². The van der Waals surface area contributed by atoms with Gasteiger partial charge in [-0.15, -0.1) is 0 Å². The van der Waals surface area contributed by atoms with Gasteiger partial charge in [0.15, 0.2) is 0 Å².